The Balaban J connectivity index is 2.47. The number of rotatable bonds is 6. The van der Waals surface area contributed by atoms with Crippen molar-refractivity contribution < 1.29 is 0 Å². The molecule has 1 aromatic rings. The molecule has 1 atom stereocenters. The van der Waals surface area contributed by atoms with Gasteiger partial charge in [0, 0.05) is 18.4 Å². The summed E-state index contributed by atoms with van der Waals surface area (Å²) in [7, 11) is 0. The predicted molar refractivity (Wildman–Crippen MR) is 59.0 cm³/mol. The summed E-state index contributed by atoms with van der Waals surface area (Å²) < 4.78 is 2.19. The molecule has 0 spiro atoms. The van der Waals surface area contributed by atoms with Crippen LogP contribution in [-0.2, 0) is 6.54 Å². The molecule has 0 saturated heterocycles. The summed E-state index contributed by atoms with van der Waals surface area (Å²) in [4.78, 5) is 4.22. The summed E-state index contributed by atoms with van der Waals surface area (Å²) in [6, 6.07) is 0.530. The monoisotopic (exact) mass is 195 g/mol. The Morgan fingerprint density at radius 1 is 1.50 bits per heavy atom. The molecule has 0 fully saturated rings. The van der Waals surface area contributed by atoms with Gasteiger partial charge in [-0.25, -0.2) is 4.98 Å². The standard InChI is InChI=1S/C11H21N3/c1-3-4-5-6-10(2)14-8-7-13-11(14)9-12/h7-8,10H,3-6,9,12H2,1-2H3. The van der Waals surface area contributed by atoms with Crippen molar-refractivity contribution >= 4 is 0 Å². The van der Waals surface area contributed by atoms with Gasteiger partial charge in [-0.05, 0) is 13.3 Å². The van der Waals surface area contributed by atoms with Crippen LogP contribution >= 0.6 is 0 Å². The minimum Gasteiger partial charge on any atom is -0.331 e. The zero-order chi connectivity index (χ0) is 10.4. The molecule has 14 heavy (non-hydrogen) atoms. The van der Waals surface area contributed by atoms with Gasteiger partial charge in [0.2, 0.25) is 0 Å². The lowest BCUT2D eigenvalue weighted by molar-refractivity contribution is 0.463. The highest BCUT2D eigenvalue weighted by molar-refractivity contribution is 4.93. The summed E-state index contributed by atoms with van der Waals surface area (Å²) in [5.74, 6) is 0.994. The summed E-state index contributed by atoms with van der Waals surface area (Å²) in [5.41, 5.74) is 5.60. The quantitative estimate of drug-likeness (QED) is 0.709. The first-order valence-electron chi connectivity index (χ1n) is 5.51. The van der Waals surface area contributed by atoms with Crippen molar-refractivity contribution in [1.82, 2.24) is 9.55 Å². The molecule has 1 aromatic heterocycles. The second-order valence-corrected chi connectivity index (χ2v) is 3.80. The van der Waals surface area contributed by atoms with E-state index in [1.807, 2.05) is 12.4 Å². The van der Waals surface area contributed by atoms with E-state index in [4.69, 9.17) is 5.73 Å². The molecule has 0 aliphatic heterocycles. The van der Waals surface area contributed by atoms with Crippen LogP contribution in [0.1, 0.15) is 51.4 Å². The third-order valence-corrected chi connectivity index (χ3v) is 2.63. The minimum atomic E-state index is 0.530. The number of hydrogen-bond acceptors (Lipinski definition) is 2. The van der Waals surface area contributed by atoms with E-state index in [2.05, 4.69) is 23.4 Å². The van der Waals surface area contributed by atoms with Crippen molar-refractivity contribution in [2.45, 2.75) is 52.1 Å². The van der Waals surface area contributed by atoms with Gasteiger partial charge in [-0.15, -0.1) is 0 Å². The molecule has 3 nitrogen and oxygen atoms in total. The maximum atomic E-state index is 5.60. The van der Waals surface area contributed by atoms with Crippen molar-refractivity contribution in [3.8, 4) is 0 Å². The second kappa shape index (κ2) is 5.81. The molecule has 0 aliphatic carbocycles. The topological polar surface area (TPSA) is 43.8 Å². The molecule has 0 saturated carbocycles. The van der Waals surface area contributed by atoms with E-state index >= 15 is 0 Å². The Morgan fingerprint density at radius 2 is 2.29 bits per heavy atom. The molecule has 0 radical (unpaired) electrons. The number of imidazole rings is 1. The average Bonchev–Trinajstić information content (AvgIpc) is 2.65. The van der Waals surface area contributed by atoms with E-state index < -0.39 is 0 Å². The molecular weight excluding hydrogens is 174 g/mol. The maximum Gasteiger partial charge on any atom is 0.122 e. The summed E-state index contributed by atoms with van der Waals surface area (Å²) in [6.45, 7) is 4.99. The van der Waals surface area contributed by atoms with Crippen molar-refractivity contribution in [1.29, 1.82) is 0 Å². The van der Waals surface area contributed by atoms with Crippen LogP contribution in [0.5, 0.6) is 0 Å². The Morgan fingerprint density at radius 3 is 2.93 bits per heavy atom. The Bertz CT molecular complexity index is 255. The van der Waals surface area contributed by atoms with Crippen molar-refractivity contribution in [2.75, 3.05) is 0 Å². The molecule has 0 aromatic carbocycles. The highest BCUT2D eigenvalue weighted by Gasteiger charge is 2.07. The van der Waals surface area contributed by atoms with Gasteiger partial charge in [-0.1, -0.05) is 26.2 Å². The lowest BCUT2D eigenvalue weighted by Gasteiger charge is -2.15. The van der Waals surface area contributed by atoms with Gasteiger partial charge in [0.1, 0.15) is 5.82 Å². The van der Waals surface area contributed by atoms with Crippen molar-refractivity contribution in [2.24, 2.45) is 5.73 Å². The van der Waals surface area contributed by atoms with Crippen LogP contribution in [0.3, 0.4) is 0 Å². The number of nitrogens with two attached hydrogens (primary N) is 1. The van der Waals surface area contributed by atoms with Crippen LogP contribution < -0.4 is 5.73 Å². The molecule has 1 unspecified atom stereocenters. The van der Waals surface area contributed by atoms with Crippen LogP contribution in [0, 0.1) is 0 Å². The molecule has 0 amide bonds. The molecule has 1 heterocycles. The van der Waals surface area contributed by atoms with E-state index in [1.54, 1.807) is 0 Å². The number of nitrogens with zero attached hydrogens (tertiary/aromatic N) is 2. The van der Waals surface area contributed by atoms with Gasteiger partial charge in [0.05, 0.1) is 6.54 Å². The predicted octanol–water partition coefficient (Wildman–Crippen LogP) is 2.48. The fourth-order valence-electron chi connectivity index (χ4n) is 1.73. The summed E-state index contributed by atoms with van der Waals surface area (Å²) in [6.07, 6.45) is 8.96. The van der Waals surface area contributed by atoms with Crippen molar-refractivity contribution in [3.05, 3.63) is 18.2 Å². The minimum absolute atomic E-state index is 0.530. The Labute approximate surface area is 86.3 Å². The van der Waals surface area contributed by atoms with Gasteiger partial charge in [-0.2, -0.15) is 0 Å². The first-order valence-corrected chi connectivity index (χ1v) is 5.51. The maximum absolute atomic E-state index is 5.60. The third kappa shape index (κ3) is 2.84. The van der Waals surface area contributed by atoms with E-state index in [-0.39, 0.29) is 0 Å². The van der Waals surface area contributed by atoms with Gasteiger partial charge < -0.3 is 10.3 Å². The first kappa shape index (κ1) is 11.2. The zero-order valence-corrected chi connectivity index (χ0v) is 9.24. The van der Waals surface area contributed by atoms with Crippen LogP contribution in [0.15, 0.2) is 12.4 Å². The van der Waals surface area contributed by atoms with Crippen LogP contribution in [0.2, 0.25) is 0 Å². The van der Waals surface area contributed by atoms with Crippen LogP contribution in [0.4, 0.5) is 0 Å². The fraction of sp³-hybridized carbons (Fsp3) is 0.727. The molecule has 0 bridgehead atoms. The molecule has 80 valence electrons. The SMILES string of the molecule is CCCCCC(C)n1ccnc1CN. The highest BCUT2D eigenvalue weighted by atomic mass is 15.1. The number of hydrogen-bond donors (Lipinski definition) is 1. The fourth-order valence-corrected chi connectivity index (χ4v) is 1.73. The van der Waals surface area contributed by atoms with Gasteiger partial charge >= 0.3 is 0 Å². The van der Waals surface area contributed by atoms with Gasteiger partial charge in [-0.3, -0.25) is 0 Å². The molecule has 1 rings (SSSR count). The molecule has 3 heteroatoms. The Hall–Kier alpha value is -0.830. The second-order valence-electron chi connectivity index (χ2n) is 3.80. The average molecular weight is 195 g/mol. The van der Waals surface area contributed by atoms with E-state index in [9.17, 15) is 0 Å². The van der Waals surface area contributed by atoms with E-state index in [0.717, 1.165) is 5.82 Å². The van der Waals surface area contributed by atoms with Gasteiger partial charge in [0.25, 0.3) is 0 Å². The first-order chi connectivity index (χ1) is 6.79. The van der Waals surface area contributed by atoms with Crippen LogP contribution in [0.25, 0.3) is 0 Å². The van der Waals surface area contributed by atoms with E-state index in [0.29, 0.717) is 12.6 Å². The number of unbranched alkanes of at least 4 members (excludes halogenated alkanes) is 2. The highest BCUT2D eigenvalue weighted by Crippen LogP contribution is 2.16. The normalized spacial score (nSPS) is 13.1. The van der Waals surface area contributed by atoms with E-state index in [1.165, 1.54) is 25.7 Å². The van der Waals surface area contributed by atoms with Gasteiger partial charge in [0.15, 0.2) is 0 Å². The largest absolute Gasteiger partial charge is 0.331 e. The molecule has 2 N–H and O–H groups in total. The van der Waals surface area contributed by atoms with Crippen molar-refractivity contribution in [3.63, 3.8) is 0 Å². The Kier molecular flexibility index (Phi) is 4.66. The van der Waals surface area contributed by atoms with Crippen LogP contribution in [-0.4, -0.2) is 9.55 Å². The lowest BCUT2D eigenvalue weighted by Crippen LogP contribution is -2.11. The lowest BCUT2D eigenvalue weighted by atomic mass is 10.1. The molecular formula is C11H21N3. The molecule has 0 aliphatic rings. The zero-order valence-electron chi connectivity index (χ0n) is 9.24. The smallest absolute Gasteiger partial charge is 0.122 e. The summed E-state index contributed by atoms with van der Waals surface area (Å²) in [5, 5.41) is 0. The summed E-state index contributed by atoms with van der Waals surface area (Å²) >= 11 is 0. The number of aromatic nitrogens is 2. The third-order valence-electron chi connectivity index (χ3n) is 2.63.